The van der Waals surface area contributed by atoms with E-state index in [-0.39, 0.29) is 23.9 Å². The first-order valence-corrected chi connectivity index (χ1v) is 28.3. The van der Waals surface area contributed by atoms with Crippen molar-refractivity contribution in [1.82, 2.24) is 63.4 Å². The van der Waals surface area contributed by atoms with Crippen molar-refractivity contribution in [1.29, 1.82) is 0 Å². The van der Waals surface area contributed by atoms with E-state index in [4.69, 9.17) is 35.9 Å². The van der Waals surface area contributed by atoms with Gasteiger partial charge in [-0.15, -0.1) is 0 Å². The minimum atomic E-state index is -0.258. The number of nitrogens with one attached hydrogen (secondary N) is 2. The van der Waals surface area contributed by atoms with Gasteiger partial charge in [0, 0.05) is 93.8 Å². The molecule has 3 saturated heterocycles. The van der Waals surface area contributed by atoms with Crippen LogP contribution in [0.1, 0.15) is 85.4 Å². The number of hydrogen-bond donors (Lipinski definition) is 4. The summed E-state index contributed by atoms with van der Waals surface area (Å²) in [5.41, 5.74) is 22.0. The molecule has 2 amide bonds. The van der Waals surface area contributed by atoms with E-state index in [0.717, 1.165) is 133 Å². The molecule has 10 aromatic rings. The fraction of sp³-hybridized carbons (Fsp3) is 0.361. The number of rotatable bonds is 12. The maximum Gasteiger partial charge on any atom is 0.272 e. The molecule has 3 aliphatic rings. The van der Waals surface area contributed by atoms with Crippen LogP contribution in [0.2, 0.25) is 0 Å². The summed E-state index contributed by atoms with van der Waals surface area (Å²) in [5.74, 6) is 1.32. The second-order valence-electron chi connectivity index (χ2n) is 21.9. The molecule has 10 heterocycles. The van der Waals surface area contributed by atoms with Gasteiger partial charge in [-0.05, 0) is 107 Å². The first-order chi connectivity index (χ1) is 40.4. The molecular weight excluding hydrogens is 1050 g/mol. The quantitative estimate of drug-likeness (QED) is 0.0891. The standard InChI is InChI=1S/C31H35N9O3.C30H34N8O2/c1-38-24-4-3-11-33-23(24)17-25(38)31(41)36-22-6-5-19(16-26(22)42-2)28-27-29(32)34-18-35-30(27)40(37-28)21-7-12-39(13-8-21)20-9-14-43-15-10-20;1-18(2)37-13-11-21(12-14-37)38-29-26(28(31)32-17-33-29)27(35-38)20-9-10-22(25(16-20)40-4)34-30(39)24-15-19-7-5-6-8-23(19)36(24)3/h3-6,11,16-18,20-21H,7-10,12-15H2,1-2H3,(H,36,41)(H2,32,34,35);5-10,15-18,21H,11-14H2,1-4H3,(H,34,39)(H2,31,32,33). The number of nitrogen functional groups attached to an aromatic ring is 2. The molecule has 0 saturated carbocycles. The molecule has 0 radical (unpaired) electrons. The summed E-state index contributed by atoms with van der Waals surface area (Å²) in [6.45, 7) is 10.2. The molecule has 3 aliphatic heterocycles. The van der Waals surface area contributed by atoms with Crippen molar-refractivity contribution in [3.8, 4) is 34.0 Å². The van der Waals surface area contributed by atoms with Crippen molar-refractivity contribution < 1.29 is 23.8 Å². The summed E-state index contributed by atoms with van der Waals surface area (Å²) in [5, 5.41) is 18.6. The summed E-state index contributed by atoms with van der Waals surface area (Å²) in [4.78, 5) is 53.7. The van der Waals surface area contributed by atoms with Crippen LogP contribution < -0.4 is 31.6 Å². The Kier molecular flexibility index (Phi) is 15.2. The van der Waals surface area contributed by atoms with Crippen LogP contribution in [0.4, 0.5) is 23.0 Å². The van der Waals surface area contributed by atoms with E-state index in [2.05, 4.69) is 59.2 Å². The van der Waals surface area contributed by atoms with Crippen LogP contribution in [0, 0.1) is 0 Å². The molecule has 0 bridgehead atoms. The third-order valence-corrected chi connectivity index (χ3v) is 16.8. The molecule has 13 rings (SSSR count). The third kappa shape index (κ3) is 10.5. The van der Waals surface area contributed by atoms with Crippen LogP contribution >= 0.6 is 0 Å². The number of likely N-dealkylation sites (tertiary alicyclic amines) is 2. The number of pyridine rings is 1. The highest BCUT2D eigenvalue weighted by molar-refractivity contribution is 6.08. The molecule has 22 nitrogen and oxygen atoms in total. The van der Waals surface area contributed by atoms with E-state index in [1.54, 1.807) is 26.5 Å². The second-order valence-corrected chi connectivity index (χ2v) is 21.9. The number of carbonyl (C=O) groups excluding carboxylic acids is 2. The van der Waals surface area contributed by atoms with Crippen LogP contribution in [-0.2, 0) is 18.8 Å². The van der Waals surface area contributed by atoms with E-state index in [9.17, 15) is 9.59 Å². The molecule has 3 fully saturated rings. The normalized spacial score (nSPS) is 16.0. The lowest BCUT2D eigenvalue weighted by Gasteiger charge is -2.39. The van der Waals surface area contributed by atoms with E-state index in [0.29, 0.717) is 69.4 Å². The zero-order chi connectivity index (χ0) is 57.5. The number of anilines is 4. The van der Waals surface area contributed by atoms with Crippen LogP contribution in [0.5, 0.6) is 11.5 Å². The Morgan fingerprint density at radius 3 is 1.65 bits per heavy atom. The highest BCUT2D eigenvalue weighted by atomic mass is 16.5. The molecule has 0 spiro atoms. The number of nitrogens with two attached hydrogens (primary N) is 2. The van der Waals surface area contributed by atoms with Crippen molar-refractivity contribution in [2.24, 2.45) is 14.1 Å². The summed E-state index contributed by atoms with van der Waals surface area (Å²) in [6, 6.07) is 28.1. The Bertz CT molecular complexity index is 4030. The number of para-hydroxylation sites is 1. The number of fused-ring (bicyclic) bond motifs is 4. The van der Waals surface area contributed by atoms with Crippen molar-refractivity contribution >= 4 is 78.8 Å². The van der Waals surface area contributed by atoms with Gasteiger partial charge in [0.25, 0.3) is 11.8 Å². The molecule has 22 heteroatoms. The lowest BCUT2D eigenvalue weighted by atomic mass is 10.00. The fourth-order valence-corrected chi connectivity index (χ4v) is 12.2. The largest absolute Gasteiger partial charge is 0.495 e. The Balaban J connectivity index is 0.000000164. The number of amides is 2. The maximum atomic E-state index is 13.3. The minimum Gasteiger partial charge on any atom is -0.495 e. The molecule has 83 heavy (non-hydrogen) atoms. The number of nitrogens with zero attached hydrogens (tertiary/aromatic N) is 13. The molecule has 7 aromatic heterocycles. The van der Waals surface area contributed by atoms with Gasteiger partial charge >= 0.3 is 0 Å². The Morgan fingerprint density at radius 1 is 0.602 bits per heavy atom. The molecule has 3 aromatic carbocycles. The average Bonchev–Trinajstić information content (AvgIpc) is 4.41. The fourth-order valence-electron chi connectivity index (χ4n) is 12.2. The number of benzene rings is 3. The average molecular weight is 1120 g/mol. The highest BCUT2D eigenvalue weighted by Crippen LogP contribution is 2.40. The van der Waals surface area contributed by atoms with Crippen LogP contribution in [0.15, 0.2) is 104 Å². The van der Waals surface area contributed by atoms with Crippen molar-refractivity contribution in [3.63, 3.8) is 0 Å². The van der Waals surface area contributed by atoms with Gasteiger partial charge in [-0.3, -0.25) is 14.6 Å². The van der Waals surface area contributed by atoms with Gasteiger partial charge < -0.3 is 55.2 Å². The van der Waals surface area contributed by atoms with E-state index < -0.39 is 0 Å². The highest BCUT2D eigenvalue weighted by Gasteiger charge is 2.31. The number of methoxy groups -OCH3 is 2. The lowest BCUT2D eigenvalue weighted by molar-refractivity contribution is 0.0215. The smallest absolute Gasteiger partial charge is 0.272 e. The van der Waals surface area contributed by atoms with E-state index in [1.165, 1.54) is 12.7 Å². The monoisotopic (exact) mass is 1120 g/mol. The van der Waals surface area contributed by atoms with Crippen molar-refractivity contribution in [2.45, 2.75) is 76.5 Å². The molecule has 428 valence electrons. The third-order valence-electron chi connectivity index (χ3n) is 16.8. The molecule has 0 aliphatic carbocycles. The van der Waals surface area contributed by atoms with Gasteiger partial charge in [0.15, 0.2) is 11.3 Å². The SMILES string of the molecule is COc1cc(-c2nn(C3CCN(C(C)C)CC3)c3ncnc(N)c23)ccc1NC(=O)c1cc2ccccc2n1C.COc1cc(-c2nn(C3CCN(C4CCOCC4)CC3)c3ncnc(N)c23)ccc1NC(=O)c1cc2ncccc2n1C. The molecule has 6 N–H and O–H groups in total. The zero-order valence-electron chi connectivity index (χ0n) is 47.6. The predicted octanol–water partition coefficient (Wildman–Crippen LogP) is 8.91. The van der Waals surface area contributed by atoms with Gasteiger partial charge in [0.2, 0.25) is 0 Å². The second kappa shape index (κ2) is 23.1. The number of aryl methyl sites for hydroxylation is 2. The first-order valence-electron chi connectivity index (χ1n) is 28.3. The summed E-state index contributed by atoms with van der Waals surface area (Å²) in [6.07, 6.45) is 10.8. The van der Waals surface area contributed by atoms with E-state index >= 15 is 0 Å². The number of ether oxygens (including phenoxy) is 3. The first kappa shape index (κ1) is 54.6. The zero-order valence-corrected chi connectivity index (χ0v) is 47.6. The predicted molar refractivity (Wildman–Crippen MR) is 322 cm³/mol. The van der Waals surface area contributed by atoms with Gasteiger partial charge in [0.05, 0.1) is 59.5 Å². The van der Waals surface area contributed by atoms with Gasteiger partial charge in [-0.25, -0.2) is 29.3 Å². The number of hydrogen-bond acceptors (Lipinski definition) is 16. The molecule has 0 atom stereocenters. The topological polar surface area (TPSA) is 254 Å². The van der Waals surface area contributed by atoms with Gasteiger partial charge in [0.1, 0.15) is 58.6 Å². The maximum absolute atomic E-state index is 13.3. The van der Waals surface area contributed by atoms with Crippen molar-refractivity contribution in [2.75, 3.05) is 75.7 Å². The number of carbonyl (C=O) groups is 2. The van der Waals surface area contributed by atoms with Gasteiger partial charge in [-0.1, -0.05) is 30.3 Å². The molecular formula is C61H69N17O5. The lowest BCUT2D eigenvalue weighted by Crippen LogP contribution is -2.44. The summed E-state index contributed by atoms with van der Waals surface area (Å²) < 4.78 is 24.8. The van der Waals surface area contributed by atoms with Gasteiger partial charge in [-0.2, -0.15) is 10.2 Å². The van der Waals surface area contributed by atoms with Crippen LogP contribution in [-0.4, -0.2) is 141 Å². The van der Waals surface area contributed by atoms with E-state index in [1.807, 2.05) is 111 Å². The Morgan fingerprint density at radius 2 is 1.12 bits per heavy atom. The molecule has 0 unspecified atom stereocenters. The number of piperidine rings is 2. The number of aromatic nitrogens is 11. The summed E-state index contributed by atoms with van der Waals surface area (Å²) >= 11 is 0. The van der Waals surface area contributed by atoms with Crippen molar-refractivity contribution in [3.05, 3.63) is 115 Å². The van der Waals surface area contributed by atoms with Crippen LogP contribution in [0.25, 0.3) is 66.5 Å². The minimum absolute atomic E-state index is 0.206. The Labute approximate surface area is 479 Å². The summed E-state index contributed by atoms with van der Waals surface area (Å²) in [7, 11) is 6.90. The Hall–Kier alpha value is -8.99. The van der Waals surface area contributed by atoms with Crippen LogP contribution in [0.3, 0.4) is 0 Å².